The number of aromatic hydroxyl groups is 1. The van der Waals surface area contributed by atoms with Crippen molar-refractivity contribution in [1.82, 2.24) is 4.90 Å². The first kappa shape index (κ1) is 17.8. The Morgan fingerprint density at radius 2 is 2.04 bits per heavy atom. The summed E-state index contributed by atoms with van der Waals surface area (Å²) < 4.78 is 5.40. The van der Waals surface area contributed by atoms with Gasteiger partial charge >= 0.3 is 11.8 Å². The van der Waals surface area contributed by atoms with Crippen molar-refractivity contribution in [2.45, 2.75) is 39.3 Å². The van der Waals surface area contributed by atoms with Crippen molar-refractivity contribution in [3.05, 3.63) is 28.3 Å². The maximum absolute atomic E-state index is 12.2. The molecular formula is C16H23N3O5. The number of nitrogens with zero attached hydrogens (tertiary/aromatic N) is 3. The first-order valence-corrected chi connectivity index (χ1v) is 7.80. The third-order valence-electron chi connectivity index (χ3n) is 3.78. The van der Waals surface area contributed by atoms with Crippen molar-refractivity contribution < 1.29 is 19.6 Å². The van der Waals surface area contributed by atoms with Crippen molar-refractivity contribution >= 4 is 17.5 Å². The van der Waals surface area contributed by atoms with E-state index in [2.05, 4.69) is 0 Å². The number of anilines is 1. The van der Waals surface area contributed by atoms with Crippen LogP contribution in [0.2, 0.25) is 0 Å². The molecule has 1 aliphatic rings. The summed E-state index contributed by atoms with van der Waals surface area (Å²) in [6, 6.07) is 4.20. The number of phenols is 1. The molecule has 0 aromatic heterocycles. The van der Waals surface area contributed by atoms with Crippen LogP contribution in [0, 0.1) is 10.1 Å². The monoisotopic (exact) mass is 337 g/mol. The molecule has 0 aliphatic carbocycles. The Bertz CT molecular complexity index is 641. The van der Waals surface area contributed by atoms with Gasteiger partial charge in [-0.15, -0.1) is 0 Å². The van der Waals surface area contributed by atoms with Crippen LogP contribution in [0.25, 0.3) is 0 Å². The molecule has 1 heterocycles. The van der Waals surface area contributed by atoms with Crippen LogP contribution in [0.3, 0.4) is 0 Å². The summed E-state index contributed by atoms with van der Waals surface area (Å²) >= 11 is 0. The summed E-state index contributed by atoms with van der Waals surface area (Å²) in [6.07, 6.45) is -0.346. The molecule has 8 heteroatoms. The van der Waals surface area contributed by atoms with Gasteiger partial charge in [0.25, 0.3) is 0 Å². The minimum atomic E-state index is -0.623. The van der Waals surface area contributed by atoms with E-state index in [0.717, 1.165) is 0 Å². The Hall–Kier alpha value is -2.51. The van der Waals surface area contributed by atoms with E-state index < -0.39 is 10.5 Å². The van der Waals surface area contributed by atoms with Crippen LogP contribution in [0.15, 0.2) is 18.2 Å². The van der Waals surface area contributed by atoms with Gasteiger partial charge in [0.2, 0.25) is 0 Å². The van der Waals surface area contributed by atoms with Crippen molar-refractivity contribution in [2.75, 3.05) is 24.5 Å². The molecular weight excluding hydrogens is 314 g/mol. The summed E-state index contributed by atoms with van der Waals surface area (Å²) in [5.41, 5.74) is -0.175. The van der Waals surface area contributed by atoms with E-state index in [1.165, 1.54) is 12.1 Å². The molecule has 8 nitrogen and oxygen atoms in total. The molecule has 1 aromatic carbocycles. The molecule has 1 atom stereocenters. The van der Waals surface area contributed by atoms with E-state index >= 15 is 0 Å². The van der Waals surface area contributed by atoms with E-state index in [-0.39, 0.29) is 23.6 Å². The molecule has 24 heavy (non-hydrogen) atoms. The maximum atomic E-state index is 12.2. The van der Waals surface area contributed by atoms with Gasteiger partial charge in [-0.25, -0.2) is 4.79 Å². The smallest absolute Gasteiger partial charge is 0.410 e. The number of rotatable bonds is 2. The number of hydrogen-bond donors (Lipinski definition) is 1. The number of benzene rings is 1. The molecule has 2 rings (SSSR count). The first-order chi connectivity index (χ1) is 11.1. The number of phenolic OH excluding ortho intramolecular Hbond substituents is 1. The molecule has 1 aromatic rings. The fourth-order valence-electron chi connectivity index (χ4n) is 2.65. The van der Waals surface area contributed by atoms with Gasteiger partial charge in [0.05, 0.1) is 4.92 Å². The third-order valence-corrected chi connectivity index (χ3v) is 3.78. The van der Waals surface area contributed by atoms with Crippen LogP contribution in [-0.2, 0) is 4.74 Å². The lowest BCUT2D eigenvalue weighted by atomic mass is 10.1. The summed E-state index contributed by atoms with van der Waals surface area (Å²) in [7, 11) is 0. The number of hydrogen-bond acceptors (Lipinski definition) is 6. The van der Waals surface area contributed by atoms with Crippen LogP contribution in [0.4, 0.5) is 16.2 Å². The van der Waals surface area contributed by atoms with Crippen LogP contribution in [0.5, 0.6) is 5.75 Å². The van der Waals surface area contributed by atoms with Gasteiger partial charge in [0.15, 0.2) is 5.75 Å². The van der Waals surface area contributed by atoms with Crippen LogP contribution < -0.4 is 4.90 Å². The van der Waals surface area contributed by atoms with E-state index in [0.29, 0.717) is 25.3 Å². The molecule has 1 fully saturated rings. The second-order valence-corrected chi connectivity index (χ2v) is 6.90. The van der Waals surface area contributed by atoms with E-state index in [4.69, 9.17) is 4.74 Å². The lowest BCUT2D eigenvalue weighted by Gasteiger charge is -2.41. The molecule has 0 spiro atoms. The average Bonchev–Trinajstić information content (AvgIpc) is 2.44. The highest BCUT2D eigenvalue weighted by Crippen LogP contribution is 2.31. The average molecular weight is 337 g/mol. The van der Waals surface area contributed by atoms with Gasteiger partial charge in [-0.1, -0.05) is 0 Å². The van der Waals surface area contributed by atoms with Crippen molar-refractivity contribution in [3.63, 3.8) is 0 Å². The molecule has 1 amide bonds. The topological polar surface area (TPSA) is 96.1 Å². The van der Waals surface area contributed by atoms with E-state index in [1.54, 1.807) is 11.0 Å². The van der Waals surface area contributed by atoms with Gasteiger partial charge in [0, 0.05) is 43.5 Å². The fraction of sp³-hybridized carbons (Fsp3) is 0.562. The zero-order chi connectivity index (χ0) is 18.1. The molecule has 1 aliphatic heterocycles. The second-order valence-electron chi connectivity index (χ2n) is 6.90. The lowest BCUT2D eigenvalue weighted by Crippen LogP contribution is -2.55. The van der Waals surface area contributed by atoms with E-state index in [1.807, 2.05) is 32.6 Å². The van der Waals surface area contributed by atoms with Crippen molar-refractivity contribution in [2.24, 2.45) is 0 Å². The summed E-state index contributed by atoms with van der Waals surface area (Å²) in [4.78, 5) is 26.0. The number of piperazine rings is 1. The zero-order valence-electron chi connectivity index (χ0n) is 14.4. The lowest BCUT2D eigenvalue weighted by molar-refractivity contribution is -0.385. The predicted octanol–water partition coefficient (Wildman–Crippen LogP) is 2.75. The van der Waals surface area contributed by atoms with Gasteiger partial charge < -0.3 is 19.6 Å². The van der Waals surface area contributed by atoms with Crippen LogP contribution in [0.1, 0.15) is 27.7 Å². The Kier molecular flexibility index (Phi) is 4.86. The van der Waals surface area contributed by atoms with E-state index in [9.17, 15) is 20.0 Å². The van der Waals surface area contributed by atoms with Gasteiger partial charge in [-0.05, 0) is 33.8 Å². The second kappa shape index (κ2) is 6.54. The normalized spacial score (nSPS) is 18.4. The summed E-state index contributed by atoms with van der Waals surface area (Å²) in [5.74, 6) is -0.361. The highest BCUT2D eigenvalue weighted by atomic mass is 16.6. The Morgan fingerprint density at radius 3 is 2.54 bits per heavy atom. The number of nitro groups is 1. The third kappa shape index (κ3) is 4.06. The molecule has 132 valence electrons. The zero-order valence-corrected chi connectivity index (χ0v) is 14.4. The van der Waals surface area contributed by atoms with Crippen molar-refractivity contribution in [3.8, 4) is 5.75 Å². The minimum Gasteiger partial charge on any atom is -0.502 e. The molecule has 1 N–H and O–H groups in total. The van der Waals surface area contributed by atoms with Crippen LogP contribution >= 0.6 is 0 Å². The number of amides is 1. The maximum Gasteiger partial charge on any atom is 0.410 e. The molecule has 0 bridgehead atoms. The SMILES string of the molecule is C[C@@H]1CN(c2ccc([N+](=O)[O-])c(O)c2)CCN1C(=O)OC(C)(C)C. The predicted molar refractivity (Wildman–Crippen MR) is 89.4 cm³/mol. The number of nitro benzene ring substituents is 1. The number of carbonyl (C=O) groups is 1. The van der Waals surface area contributed by atoms with Gasteiger partial charge in [-0.2, -0.15) is 0 Å². The quantitative estimate of drug-likeness (QED) is 0.658. The van der Waals surface area contributed by atoms with Gasteiger partial charge in [-0.3, -0.25) is 10.1 Å². The van der Waals surface area contributed by atoms with Gasteiger partial charge in [0.1, 0.15) is 5.60 Å². The minimum absolute atomic E-state index is 0.0778. The summed E-state index contributed by atoms with van der Waals surface area (Å²) in [6.45, 7) is 8.98. The fourth-order valence-corrected chi connectivity index (χ4v) is 2.65. The largest absolute Gasteiger partial charge is 0.502 e. The molecule has 1 saturated heterocycles. The Balaban J connectivity index is 2.07. The summed E-state index contributed by atoms with van der Waals surface area (Å²) in [5, 5.41) is 20.5. The highest BCUT2D eigenvalue weighted by Gasteiger charge is 2.31. The Morgan fingerprint density at radius 1 is 1.38 bits per heavy atom. The highest BCUT2D eigenvalue weighted by molar-refractivity contribution is 5.69. The standard InChI is InChI=1S/C16H23N3O5/c1-11-10-17(7-8-18(11)15(21)24-16(2,3)4)12-5-6-13(19(22)23)14(20)9-12/h5-6,9,11,20H,7-8,10H2,1-4H3/t11-/m1/s1. The molecule has 0 unspecified atom stereocenters. The molecule has 0 saturated carbocycles. The first-order valence-electron chi connectivity index (χ1n) is 7.80. The van der Waals surface area contributed by atoms with Crippen LogP contribution in [-0.4, -0.2) is 52.3 Å². The number of ether oxygens (including phenoxy) is 1. The van der Waals surface area contributed by atoms with Crippen molar-refractivity contribution in [1.29, 1.82) is 0 Å². The molecule has 0 radical (unpaired) electrons. The number of carbonyl (C=O) groups excluding carboxylic acids is 1. The Labute approximate surface area is 140 Å².